The van der Waals surface area contributed by atoms with E-state index >= 15 is 0 Å². The third kappa shape index (κ3) is 3.47. The van der Waals surface area contributed by atoms with Crippen LogP contribution in [-0.4, -0.2) is 26.8 Å². The summed E-state index contributed by atoms with van der Waals surface area (Å²) in [5.74, 6) is -1.80. The summed E-state index contributed by atoms with van der Waals surface area (Å²) < 4.78 is 14.8. The lowest BCUT2D eigenvalue weighted by molar-refractivity contribution is -0.120. The van der Waals surface area contributed by atoms with Crippen molar-refractivity contribution in [1.82, 2.24) is 9.88 Å². The van der Waals surface area contributed by atoms with E-state index in [-0.39, 0.29) is 23.8 Å². The Bertz CT molecular complexity index is 1070. The Morgan fingerprint density at radius 1 is 1.32 bits per heavy atom. The van der Waals surface area contributed by atoms with Gasteiger partial charge in [-0.2, -0.15) is 0 Å². The van der Waals surface area contributed by atoms with Crippen molar-refractivity contribution in [3.63, 3.8) is 0 Å². The van der Waals surface area contributed by atoms with Crippen LogP contribution in [0.1, 0.15) is 27.5 Å². The molecule has 2 aromatic carbocycles. The summed E-state index contributed by atoms with van der Waals surface area (Å²) >= 11 is 3.33. The number of nitrogens with one attached hydrogen (secondary N) is 1. The molecule has 142 valence electrons. The first kappa shape index (κ1) is 18.8. The number of rotatable bonds is 4. The van der Waals surface area contributed by atoms with Crippen molar-refractivity contribution in [3.05, 3.63) is 74.1 Å². The van der Waals surface area contributed by atoms with Gasteiger partial charge >= 0.3 is 0 Å². The van der Waals surface area contributed by atoms with Crippen LogP contribution < -0.4 is 5.32 Å². The number of aromatic nitrogens is 1. The van der Waals surface area contributed by atoms with Crippen LogP contribution in [0.2, 0.25) is 0 Å². The van der Waals surface area contributed by atoms with Gasteiger partial charge < -0.3 is 10.0 Å². The summed E-state index contributed by atoms with van der Waals surface area (Å²) in [6, 6.07) is 7.58. The minimum atomic E-state index is -1.21. The smallest absolute Gasteiger partial charge is 0.255 e. The zero-order valence-electron chi connectivity index (χ0n) is 14.2. The summed E-state index contributed by atoms with van der Waals surface area (Å²) in [5.41, 5.74) is 1.29. The number of phenolic OH excluding ortho intramolecular Hbond substituents is 1. The van der Waals surface area contributed by atoms with Crippen molar-refractivity contribution in [2.45, 2.75) is 12.6 Å². The fraction of sp³-hybridized carbons (Fsp3) is 0.105. The van der Waals surface area contributed by atoms with Gasteiger partial charge in [-0.3, -0.25) is 14.9 Å². The van der Waals surface area contributed by atoms with Crippen LogP contribution in [0, 0.1) is 9.39 Å². The molecule has 1 aliphatic rings. The second-order valence-electron chi connectivity index (χ2n) is 6.17. The monoisotopic (exact) mass is 509 g/mol. The predicted octanol–water partition coefficient (Wildman–Crippen LogP) is 3.93. The maximum Gasteiger partial charge on any atom is 0.255 e. The van der Waals surface area contributed by atoms with Crippen molar-refractivity contribution in [1.29, 1.82) is 0 Å². The van der Waals surface area contributed by atoms with Gasteiger partial charge in [0.05, 0.1) is 0 Å². The van der Waals surface area contributed by atoms with E-state index < -0.39 is 17.8 Å². The molecule has 0 saturated heterocycles. The zero-order valence-corrected chi connectivity index (χ0v) is 17.2. The molecule has 0 bridgehead atoms. The largest absolute Gasteiger partial charge is 0.508 e. The zero-order chi connectivity index (χ0) is 19.8. The molecule has 1 atom stereocenters. The van der Waals surface area contributed by atoms with Crippen molar-refractivity contribution >= 4 is 50.9 Å². The SMILES string of the molecule is O=C(Nc1nccs1)[C@@H](c1cc(F)ccc1O)N1Cc2ccc(I)cc2C1=O. The van der Waals surface area contributed by atoms with Crippen molar-refractivity contribution in [2.24, 2.45) is 0 Å². The number of anilines is 1. The topological polar surface area (TPSA) is 82.5 Å². The summed E-state index contributed by atoms with van der Waals surface area (Å²) in [4.78, 5) is 31.4. The molecule has 1 aromatic heterocycles. The molecule has 0 fully saturated rings. The van der Waals surface area contributed by atoms with E-state index in [1.165, 1.54) is 28.5 Å². The number of hydrogen-bond donors (Lipinski definition) is 2. The number of benzene rings is 2. The van der Waals surface area contributed by atoms with E-state index in [0.29, 0.717) is 10.7 Å². The lowest BCUT2D eigenvalue weighted by Crippen LogP contribution is -2.37. The first-order chi connectivity index (χ1) is 13.4. The van der Waals surface area contributed by atoms with Gasteiger partial charge in [0.15, 0.2) is 5.13 Å². The number of phenols is 1. The minimum absolute atomic E-state index is 0.0184. The van der Waals surface area contributed by atoms with E-state index in [1.807, 2.05) is 12.1 Å². The van der Waals surface area contributed by atoms with Crippen LogP contribution >= 0.6 is 33.9 Å². The van der Waals surface area contributed by atoms with Crippen molar-refractivity contribution in [3.8, 4) is 5.75 Å². The molecule has 1 aliphatic heterocycles. The van der Waals surface area contributed by atoms with Gasteiger partial charge in [-0.15, -0.1) is 11.3 Å². The van der Waals surface area contributed by atoms with E-state index in [4.69, 9.17) is 0 Å². The molecule has 28 heavy (non-hydrogen) atoms. The van der Waals surface area contributed by atoms with Gasteiger partial charge in [-0.1, -0.05) is 6.07 Å². The number of nitrogens with zero attached hydrogens (tertiary/aromatic N) is 2. The fourth-order valence-corrected chi connectivity index (χ4v) is 4.18. The summed E-state index contributed by atoms with van der Waals surface area (Å²) in [7, 11) is 0. The highest BCUT2D eigenvalue weighted by atomic mass is 127. The first-order valence-corrected chi connectivity index (χ1v) is 10.2. The molecule has 2 heterocycles. The molecule has 3 aromatic rings. The first-order valence-electron chi connectivity index (χ1n) is 8.22. The van der Waals surface area contributed by atoms with Crippen LogP contribution in [0.25, 0.3) is 0 Å². The number of carbonyl (C=O) groups excluding carboxylic acids is 2. The van der Waals surface area contributed by atoms with Crippen LogP contribution in [0.4, 0.5) is 9.52 Å². The fourth-order valence-electron chi connectivity index (χ4n) is 3.16. The maximum atomic E-state index is 13.9. The number of amides is 2. The highest BCUT2D eigenvalue weighted by Gasteiger charge is 2.39. The lowest BCUT2D eigenvalue weighted by Gasteiger charge is -2.27. The van der Waals surface area contributed by atoms with Crippen LogP contribution in [-0.2, 0) is 11.3 Å². The van der Waals surface area contributed by atoms with E-state index in [2.05, 4.69) is 32.9 Å². The number of aromatic hydroxyl groups is 1. The van der Waals surface area contributed by atoms with Crippen LogP contribution in [0.15, 0.2) is 48.0 Å². The third-order valence-electron chi connectivity index (χ3n) is 4.41. The second kappa shape index (κ2) is 7.47. The third-order valence-corrected chi connectivity index (χ3v) is 5.77. The lowest BCUT2D eigenvalue weighted by atomic mass is 10.0. The molecule has 9 heteroatoms. The molecule has 4 rings (SSSR count). The van der Waals surface area contributed by atoms with Gasteiger partial charge in [0, 0.05) is 32.8 Å². The molecule has 0 spiro atoms. The van der Waals surface area contributed by atoms with Crippen LogP contribution in [0.3, 0.4) is 0 Å². The molecule has 6 nitrogen and oxygen atoms in total. The molecular weight excluding hydrogens is 496 g/mol. The highest BCUT2D eigenvalue weighted by molar-refractivity contribution is 14.1. The molecule has 0 unspecified atom stereocenters. The second-order valence-corrected chi connectivity index (χ2v) is 8.31. The van der Waals surface area contributed by atoms with Crippen molar-refractivity contribution in [2.75, 3.05) is 5.32 Å². The molecule has 0 radical (unpaired) electrons. The number of hydrogen-bond acceptors (Lipinski definition) is 5. The van der Waals surface area contributed by atoms with Gasteiger partial charge in [0.25, 0.3) is 11.8 Å². The minimum Gasteiger partial charge on any atom is -0.508 e. The quantitative estimate of drug-likeness (QED) is 0.523. The standard InChI is InChI=1S/C19H13FIN3O3S/c20-11-2-4-15(25)14(7-11)16(17(26)23-19-22-5-6-28-19)24-9-10-1-3-12(21)8-13(10)18(24)27/h1-8,16,25H,9H2,(H,22,23,26)/t16-/m1/s1. The number of halogens is 2. The molecule has 0 aliphatic carbocycles. The Labute approximate surface area is 177 Å². The number of fused-ring (bicyclic) bond motifs is 1. The Hall–Kier alpha value is -2.53. The van der Waals surface area contributed by atoms with E-state index in [1.54, 1.807) is 11.4 Å². The predicted molar refractivity (Wildman–Crippen MR) is 111 cm³/mol. The number of carbonyl (C=O) groups is 2. The summed E-state index contributed by atoms with van der Waals surface area (Å²) in [6.07, 6.45) is 1.54. The normalized spacial score (nSPS) is 14.1. The van der Waals surface area contributed by atoms with Crippen LogP contribution in [0.5, 0.6) is 5.75 Å². The molecule has 0 saturated carbocycles. The van der Waals surface area contributed by atoms with Gasteiger partial charge in [-0.05, 0) is 58.5 Å². The van der Waals surface area contributed by atoms with E-state index in [0.717, 1.165) is 21.3 Å². The van der Waals surface area contributed by atoms with Gasteiger partial charge in [0.2, 0.25) is 0 Å². The molecular formula is C19H13FIN3O3S. The Morgan fingerprint density at radius 2 is 2.14 bits per heavy atom. The van der Waals surface area contributed by atoms with Gasteiger partial charge in [0.1, 0.15) is 17.6 Å². The van der Waals surface area contributed by atoms with Gasteiger partial charge in [-0.25, -0.2) is 9.37 Å². The van der Waals surface area contributed by atoms with Crippen molar-refractivity contribution < 1.29 is 19.1 Å². The highest BCUT2D eigenvalue weighted by Crippen LogP contribution is 2.36. The Kier molecular flexibility index (Phi) is 5.02. The maximum absolute atomic E-state index is 13.9. The summed E-state index contributed by atoms with van der Waals surface area (Å²) in [6.45, 7) is 0.178. The average Bonchev–Trinajstić information content (AvgIpc) is 3.27. The summed E-state index contributed by atoms with van der Waals surface area (Å²) in [5, 5.41) is 15.0. The Balaban J connectivity index is 1.76. The Morgan fingerprint density at radius 3 is 2.89 bits per heavy atom. The molecule has 2 amide bonds. The number of thiazole rings is 1. The molecule has 2 N–H and O–H groups in total. The van der Waals surface area contributed by atoms with E-state index in [9.17, 15) is 19.1 Å². The average molecular weight is 509 g/mol.